The third-order valence-electron chi connectivity index (χ3n) is 2.73. The summed E-state index contributed by atoms with van der Waals surface area (Å²) in [7, 11) is 0. The Kier molecular flexibility index (Phi) is 4.15. The van der Waals surface area contributed by atoms with Crippen molar-refractivity contribution in [2.75, 3.05) is 12.3 Å². The molecule has 4 nitrogen and oxygen atoms in total. The zero-order valence-corrected chi connectivity index (χ0v) is 10.1. The number of nitrogen functional groups attached to an aromatic ring is 1. The molecule has 1 heterocycles. The summed E-state index contributed by atoms with van der Waals surface area (Å²) in [6.45, 7) is 0.555. The maximum atomic E-state index is 6.06. The highest BCUT2D eigenvalue weighted by atomic mass is 16.5. The van der Waals surface area contributed by atoms with Crippen molar-refractivity contribution in [1.82, 2.24) is 4.98 Å². The molecule has 0 saturated carbocycles. The third-order valence-corrected chi connectivity index (χ3v) is 2.73. The number of rotatable bonds is 5. The highest BCUT2D eigenvalue weighted by Gasteiger charge is 2.09. The normalized spacial score (nSPS) is 12.1. The molecule has 1 aromatic carbocycles. The van der Waals surface area contributed by atoms with E-state index in [0.717, 1.165) is 11.3 Å². The van der Waals surface area contributed by atoms with Crippen LogP contribution in [0.1, 0.15) is 18.0 Å². The molecule has 0 amide bonds. The van der Waals surface area contributed by atoms with Crippen molar-refractivity contribution in [3.8, 4) is 5.75 Å². The Labute approximate surface area is 107 Å². The van der Waals surface area contributed by atoms with E-state index in [1.165, 1.54) is 0 Å². The van der Waals surface area contributed by atoms with Gasteiger partial charge in [0.25, 0.3) is 0 Å². The molecule has 1 unspecified atom stereocenters. The molecule has 2 rings (SSSR count). The standard InChI is InChI=1S/C14H17N3O/c15-13-6-8-17-10-12(13)14(16)7-9-18-11-4-2-1-3-5-11/h1-6,8,10,14H,7,9,16H2,(H2,15,17). The van der Waals surface area contributed by atoms with Gasteiger partial charge in [-0.3, -0.25) is 4.98 Å². The molecule has 0 saturated heterocycles. The molecular weight excluding hydrogens is 226 g/mol. The van der Waals surface area contributed by atoms with Gasteiger partial charge < -0.3 is 16.2 Å². The van der Waals surface area contributed by atoms with Crippen LogP contribution in [0.5, 0.6) is 5.75 Å². The molecule has 94 valence electrons. The maximum absolute atomic E-state index is 6.06. The molecule has 0 spiro atoms. The second kappa shape index (κ2) is 6.02. The van der Waals surface area contributed by atoms with Gasteiger partial charge in [-0.15, -0.1) is 0 Å². The second-order valence-corrected chi connectivity index (χ2v) is 4.06. The van der Waals surface area contributed by atoms with E-state index in [4.69, 9.17) is 16.2 Å². The van der Waals surface area contributed by atoms with Crippen LogP contribution in [0.4, 0.5) is 5.69 Å². The Morgan fingerprint density at radius 2 is 1.94 bits per heavy atom. The van der Waals surface area contributed by atoms with Crippen LogP contribution in [0, 0.1) is 0 Å². The fourth-order valence-corrected chi connectivity index (χ4v) is 1.70. The summed E-state index contributed by atoms with van der Waals surface area (Å²) in [5, 5.41) is 0. The summed E-state index contributed by atoms with van der Waals surface area (Å²) in [5.41, 5.74) is 13.5. The molecule has 0 aliphatic rings. The van der Waals surface area contributed by atoms with Crippen molar-refractivity contribution in [3.05, 3.63) is 54.4 Å². The maximum Gasteiger partial charge on any atom is 0.119 e. The minimum Gasteiger partial charge on any atom is -0.494 e. The summed E-state index contributed by atoms with van der Waals surface area (Å²) in [4.78, 5) is 4.03. The zero-order valence-electron chi connectivity index (χ0n) is 10.1. The minimum atomic E-state index is -0.151. The summed E-state index contributed by atoms with van der Waals surface area (Å²) >= 11 is 0. The largest absolute Gasteiger partial charge is 0.494 e. The number of para-hydroxylation sites is 1. The lowest BCUT2D eigenvalue weighted by molar-refractivity contribution is 0.298. The molecule has 0 radical (unpaired) electrons. The number of nitrogens with zero attached hydrogens (tertiary/aromatic N) is 1. The first-order valence-electron chi connectivity index (χ1n) is 5.90. The third kappa shape index (κ3) is 3.21. The van der Waals surface area contributed by atoms with Crippen LogP contribution >= 0.6 is 0 Å². The van der Waals surface area contributed by atoms with Crippen LogP contribution < -0.4 is 16.2 Å². The monoisotopic (exact) mass is 243 g/mol. The Morgan fingerprint density at radius 3 is 2.67 bits per heavy atom. The van der Waals surface area contributed by atoms with Crippen LogP contribution in [0.25, 0.3) is 0 Å². The molecule has 1 aromatic heterocycles. The van der Waals surface area contributed by atoms with Crippen molar-refractivity contribution in [1.29, 1.82) is 0 Å². The Morgan fingerprint density at radius 1 is 1.17 bits per heavy atom. The van der Waals surface area contributed by atoms with Crippen LogP contribution in [0.2, 0.25) is 0 Å². The Balaban J connectivity index is 1.86. The SMILES string of the molecule is Nc1ccncc1C(N)CCOc1ccccc1. The van der Waals surface area contributed by atoms with Gasteiger partial charge in [0, 0.05) is 36.1 Å². The summed E-state index contributed by atoms with van der Waals surface area (Å²) in [6.07, 6.45) is 4.07. The predicted molar refractivity (Wildman–Crippen MR) is 72.1 cm³/mol. The number of benzene rings is 1. The highest BCUT2D eigenvalue weighted by Crippen LogP contribution is 2.19. The number of pyridine rings is 1. The second-order valence-electron chi connectivity index (χ2n) is 4.06. The topological polar surface area (TPSA) is 74.2 Å². The fourth-order valence-electron chi connectivity index (χ4n) is 1.70. The van der Waals surface area contributed by atoms with Crippen molar-refractivity contribution in [2.45, 2.75) is 12.5 Å². The molecule has 0 aliphatic heterocycles. The van der Waals surface area contributed by atoms with Gasteiger partial charge in [-0.1, -0.05) is 18.2 Å². The van der Waals surface area contributed by atoms with E-state index in [2.05, 4.69) is 4.98 Å². The first kappa shape index (κ1) is 12.4. The van der Waals surface area contributed by atoms with Crippen LogP contribution in [-0.2, 0) is 0 Å². The lowest BCUT2D eigenvalue weighted by Crippen LogP contribution is -2.16. The Bertz CT molecular complexity index is 487. The van der Waals surface area contributed by atoms with Gasteiger partial charge in [0.2, 0.25) is 0 Å². The predicted octanol–water partition coefficient (Wildman–Crippen LogP) is 2.13. The lowest BCUT2D eigenvalue weighted by atomic mass is 10.1. The van der Waals surface area contributed by atoms with E-state index in [9.17, 15) is 0 Å². The van der Waals surface area contributed by atoms with Gasteiger partial charge in [-0.05, 0) is 18.2 Å². The summed E-state index contributed by atoms with van der Waals surface area (Å²) in [6, 6.07) is 11.3. The van der Waals surface area contributed by atoms with E-state index in [0.29, 0.717) is 18.7 Å². The van der Waals surface area contributed by atoms with Gasteiger partial charge in [-0.2, -0.15) is 0 Å². The van der Waals surface area contributed by atoms with Gasteiger partial charge in [0.15, 0.2) is 0 Å². The van der Waals surface area contributed by atoms with Crippen molar-refractivity contribution >= 4 is 5.69 Å². The van der Waals surface area contributed by atoms with Crippen LogP contribution in [0.3, 0.4) is 0 Å². The van der Waals surface area contributed by atoms with Crippen molar-refractivity contribution in [2.24, 2.45) is 5.73 Å². The van der Waals surface area contributed by atoms with Crippen LogP contribution in [0.15, 0.2) is 48.8 Å². The number of aromatic nitrogens is 1. The molecule has 2 aromatic rings. The van der Waals surface area contributed by atoms with Crippen molar-refractivity contribution in [3.63, 3.8) is 0 Å². The first-order valence-corrected chi connectivity index (χ1v) is 5.90. The molecule has 0 aliphatic carbocycles. The number of nitrogens with two attached hydrogens (primary N) is 2. The smallest absolute Gasteiger partial charge is 0.119 e. The molecule has 4 N–H and O–H groups in total. The molecular formula is C14H17N3O. The summed E-state index contributed by atoms with van der Waals surface area (Å²) in [5.74, 6) is 0.851. The van der Waals surface area contributed by atoms with Crippen LogP contribution in [-0.4, -0.2) is 11.6 Å². The quantitative estimate of drug-likeness (QED) is 0.843. The van der Waals surface area contributed by atoms with Crippen molar-refractivity contribution < 1.29 is 4.74 Å². The zero-order chi connectivity index (χ0) is 12.8. The van der Waals surface area contributed by atoms with E-state index in [1.54, 1.807) is 18.5 Å². The highest BCUT2D eigenvalue weighted by molar-refractivity contribution is 5.46. The first-order chi connectivity index (χ1) is 8.77. The molecule has 1 atom stereocenters. The fraction of sp³-hybridized carbons (Fsp3) is 0.214. The molecule has 0 fully saturated rings. The molecule has 4 heteroatoms. The average Bonchev–Trinajstić information content (AvgIpc) is 2.40. The Hall–Kier alpha value is -2.07. The van der Waals surface area contributed by atoms with E-state index >= 15 is 0 Å². The summed E-state index contributed by atoms with van der Waals surface area (Å²) < 4.78 is 5.60. The van der Waals surface area contributed by atoms with Gasteiger partial charge in [0.05, 0.1) is 6.61 Å². The molecule has 18 heavy (non-hydrogen) atoms. The van der Waals surface area contributed by atoms with Gasteiger partial charge >= 0.3 is 0 Å². The molecule has 0 bridgehead atoms. The van der Waals surface area contributed by atoms with E-state index in [1.807, 2.05) is 30.3 Å². The number of ether oxygens (including phenoxy) is 1. The van der Waals surface area contributed by atoms with E-state index in [-0.39, 0.29) is 6.04 Å². The minimum absolute atomic E-state index is 0.151. The number of hydrogen-bond donors (Lipinski definition) is 2. The van der Waals surface area contributed by atoms with Gasteiger partial charge in [0.1, 0.15) is 5.75 Å². The average molecular weight is 243 g/mol. The number of hydrogen-bond acceptors (Lipinski definition) is 4. The number of anilines is 1. The lowest BCUT2D eigenvalue weighted by Gasteiger charge is -2.14. The van der Waals surface area contributed by atoms with Gasteiger partial charge in [-0.25, -0.2) is 0 Å². The van der Waals surface area contributed by atoms with E-state index < -0.39 is 0 Å².